The van der Waals surface area contributed by atoms with Crippen molar-refractivity contribution in [2.45, 2.75) is 91.9 Å². The summed E-state index contributed by atoms with van der Waals surface area (Å²) in [5, 5.41) is 8.10. The van der Waals surface area contributed by atoms with Gasteiger partial charge in [-0.2, -0.15) is 0 Å². The van der Waals surface area contributed by atoms with E-state index in [9.17, 15) is 28.8 Å². The number of ketones is 2. The number of nitrogens with zero attached hydrogens (tertiary/aromatic N) is 1. The fourth-order valence-electron chi connectivity index (χ4n) is 4.89. The van der Waals surface area contributed by atoms with E-state index < -0.39 is 59.1 Å². The van der Waals surface area contributed by atoms with Gasteiger partial charge in [0.05, 0.1) is 12.1 Å². The van der Waals surface area contributed by atoms with Crippen LogP contribution in [-0.2, 0) is 19.2 Å². The van der Waals surface area contributed by atoms with Crippen LogP contribution in [-0.4, -0.2) is 70.9 Å². The van der Waals surface area contributed by atoms with Gasteiger partial charge in [-0.05, 0) is 36.5 Å². The van der Waals surface area contributed by atoms with Crippen LogP contribution in [0.3, 0.4) is 0 Å². The van der Waals surface area contributed by atoms with Crippen LogP contribution in [0.15, 0.2) is 30.3 Å². The number of nitrogens with two attached hydrogens (primary N) is 1. The molecule has 41 heavy (non-hydrogen) atoms. The second kappa shape index (κ2) is 14.2. The van der Waals surface area contributed by atoms with Crippen molar-refractivity contribution in [1.82, 2.24) is 20.9 Å². The molecule has 5 amide bonds. The first-order chi connectivity index (χ1) is 19.0. The van der Waals surface area contributed by atoms with Gasteiger partial charge in [-0.15, -0.1) is 0 Å². The summed E-state index contributed by atoms with van der Waals surface area (Å²) >= 11 is 0. The van der Waals surface area contributed by atoms with Crippen LogP contribution in [0.4, 0.5) is 4.79 Å². The maximum atomic E-state index is 13.8. The molecule has 11 heteroatoms. The van der Waals surface area contributed by atoms with Crippen LogP contribution >= 0.6 is 0 Å². The maximum Gasteiger partial charge on any atom is 0.316 e. The highest BCUT2D eigenvalue weighted by molar-refractivity contribution is 6.37. The fraction of sp³-hybridized carbons (Fsp3) is 0.600. The van der Waals surface area contributed by atoms with E-state index in [1.165, 1.54) is 4.90 Å². The number of urea groups is 1. The van der Waals surface area contributed by atoms with Gasteiger partial charge < -0.3 is 26.6 Å². The molecule has 0 spiro atoms. The topological polar surface area (TPSA) is 168 Å². The fourth-order valence-corrected chi connectivity index (χ4v) is 4.89. The van der Waals surface area contributed by atoms with E-state index in [-0.39, 0.29) is 30.6 Å². The molecule has 2 rings (SSSR count). The molecule has 1 fully saturated rings. The zero-order valence-electron chi connectivity index (χ0n) is 25.2. The van der Waals surface area contributed by atoms with Gasteiger partial charge in [0.1, 0.15) is 12.1 Å². The van der Waals surface area contributed by atoms with Gasteiger partial charge in [0, 0.05) is 12.1 Å². The lowest BCUT2D eigenvalue weighted by atomic mass is 9.85. The van der Waals surface area contributed by atoms with Crippen LogP contribution in [0.2, 0.25) is 0 Å². The highest BCUT2D eigenvalue weighted by Crippen LogP contribution is 2.26. The number of Topliss-reactive ketones (excluding diaryl/α,β-unsaturated/α-hetero) is 2. The largest absolute Gasteiger partial charge is 0.363 e. The van der Waals surface area contributed by atoms with Crippen LogP contribution < -0.4 is 21.7 Å². The van der Waals surface area contributed by atoms with E-state index in [1.807, 2.05) is 27.7 Å². The molecule has 1 heterocycles. The minimum absolute atomic E-state index is 0.00124. The molecule has 0 aromatic heterocycles. The molecule has 0 aliphatic carbocycles. The molecule has 5 N–H and O–H groups in total. The normalized spacial score (nSPS) is 17.5. The van der Waals surface area contributed by atoms with Crippen LogP contribution in [0.1, 0.15) is 78.1 Å². The van der Waals surface area contributed by atoms with Crippen molar-refractivity contribution in [2.24, 2.45) is 23.0 Å². The minimum atomic E-state index is -1.14. The lowest BCUT2D eigenvalue weighted by Gasteiger charge is -2.36. The zero-order valence-corrected chi connectivity index (χ0v) is 25.2. The van der Waals surface area contributed by atoms with E-state index in [1.54, 1.807) is 51.1 Å². The molecule has 226 valence electrons. The van der Waals surface area contributed by atoms with Gasteiger partial charge in [-0.1, -0.05) is 78.8 Å². The molecule has 0 saturated carbocycles. The average Bonchev–Trinajstić information content (AvgIpc) is 3.38. The Kier molecular flexibility index (Phi) is 11.6. The Morgan fingerprint density at radius 1 is 0.951 bits per heavy atom. The van der Waals surface area contributed by atoms with Gasteiger partial charge in [0.15, 0.2) is 5.78 Å². The predicted molar refractivity (Wildman–Crippen MR) is 155 cm³/mol. The van der Waals surface area contributed by atoms with Gasteiger partial charge in [0.2, 0.25) is 17.6 Å². The van der Waals surface area contributed by atoms with Crippen LogP contribution in [0, 0.1) is 17.3 Å². The Bertz CT molecular complexity index is 1130. The van der Waals surface area contributed by atoms with Crippen LogP contribution in [0.25, 0.3) is 0 Å². The van der Waals surface area contributed by atoms with Crippen molar-refractivity contribution in [1.29, 1.82) is 0 Å². The number of nitrogens with one attached hydrogen (secondary N) is 3. The SMILES string of the molecule is CC(C)CC(NC(=O)C1CCCN1C(=O)C(NC(=O)NC(C(=O)c1ccccc1)C(C)C)C(C)(C)C)C(=O)C(N)=O. The first-order valence-electron chi connectivity index (χ1n) is 14.1. The number of hydrogen-bond acceptors (Lipinski definition) is 6. The summed E-state index contributed by atoms with van der Waals surface area (Å²) < 4.78 is 0. The number of amides is 5. The van der Waals surface area contributed by atoms with Crippen molar-refractivity contribution in [3.05, 3.63) is 35.9 Å². The molecule has 1 aliphatic heterocycles. The molecule has 1 aliphatic rings. The van der Waals surface area contributed by atoms with Gasteiger partial charge >= 0.3 is 6.03 Å². The summed E-state index contributed by atoms with van der Waals surface area (Å²) in [6, 6.07) is 4.17. The molecule has 11 nitrogen and oxygen atoms in total. The van der Waals surface area contributed by atoms with Crippen molar-refractivity contribution in [3.8, 4) is 0 Å². The summed E-state index contributed by atoms with van der Waals surface area (Å²) in [7, 11) is 0. The number of likely N-dealkylation sites (tertiary alicyclic amines) is 1. The summed E-state index contributed by atoms with van der Waals surface area (Å²) in [6.07, 6.45) is 1.13. The molecule has 1 aromatic carbocycles. The van der Waals surface area contributed by atoms with Gasteiger partial charge in [-0.25, -0.2) is 4.79 Å². The average molecular weight is 572 g/mol. The Balaban J connectivity index is 2.21. The van der Waals surface area contributed by atoms with Crippen molar-refractivity contribution in [3.63, 3.8) is 0 Å². The van der Waals surface area contributed by atoms with Gasteiger partial charge in [-0.3, -0.25) is 24.0 Å². The van der Waals surface area contributed by atoms with Gasteiger partial charge in [0.25, 0.3) is 5.91 Å². The van der Waals surface area contributed by atoms with Crippen molar-refractivity contribution >= 4 is 35.3 Å². The monoisotopic (exact) mass is 571 g/mol. The zero-order chi connectivity index (χ0) is 31.1. The summed E-state index contributed by atoms with van der Waals surface area (Å²) in [6.45, 7) is 13.0. The molecule has 4 unspecified atom stereocenters. The highest BCUT2D eigenvalue weighted by Gasteiger charge is 2.43. The third kappa shape index (κ3) is 9.12. The first-order valence-corrected chi connectivity index (χ1v) is 14.1. The molecule has 1 saturated heterocycles. The van der Waals surface area contributed by atoms with Crippen LogP contribution in [0.5, 0.6) is 0 Å². The van der Waals surface area contributed by atoms with E-state index in [4.69, 9.17) is 5.73 Å². The third-order valence-corrected chi connectivity index (χ3v) is 7.10. The van der Waals surface area contributed by atoms with E-state index >= 15 is 0 Å². The van der Waals surface area contributed by atoms with Crippen molar-refractivity contribution < 1.29 is 28.8 Å². The summed E-state index contributed by atoms with van der Waals surface area (Å²) in [4.78, 5) is 78.6. The lowest BCUT2D eigenvalue weighted by Crippen LogP contribution is -2.61. The second-order valence-corrected chi connectivity index (χ2v) is 12.5. The smallest absolute Gasteiger partial charge is 0.316 e. The molecule has 1 aromatic rings. The van der Waals surface area contributed by atoms with Crippen molar-refractivity contribution in [2.75, 3.05) is 6.54 Å². The lowest BCUT2D eigenvalue weighted by molar-refractivity contribution is -0.143. The number of hydrogen-bond donors (Lipinski definition) is 4. The third-order valence-electron chi connectivity index (χ3n) is 7.10. The number of rotatable bonds is 12. The Morgan fingerprint density at radius 3 is 2.07 bits per heavy atom. The molecular formula is C30H45N5O6. The van der Waals surface area contributed by atoms with E-state index in [2.05, 4.69) is 16.0 Å². The van der Waals surface area contributed by atoms with E-state index in [0.29, 0.717) is 18.4 Å². The number of carbonyl (C=O) groups excluding carboxylic acids is 6. The highest BCUT2D eigenvalue weighted by atomic mass is 16.2. The minimum Gasteiger partial charge on any atom is -0.363 e. The Labute approximate surface area is 242 Å². The number of primary amides is 1. The molecule has 0 bridgehead atoms. The Morgan fingerprint density at radius 2 is 1.56 bits per heavy atom. The summed E-state index contributed by atoms with van der Waals surface area (Å²) in [5.74, 6) is -3.49. The maximum absolute atomic E-state index is 13.8. The molecule has 4 atom stereocenters. The number of benzene rings is 1. The first kappa shape index (κ1) is 33.4. The quantitative estimate of drug-likeness (QED) is 0.222. The van der Waals surface area contributed by atoms with E-state index in [0.717, 1.165) is 0 Å². The number of carbonyl (C=O) groups is 6. The molecule has 0 radical (unpaired) electrons. The predicted octanol–water partition coefficient (Wildman–Crippen LogP) is 2.18. The second-order valence-electron chi connectivity index (χ2n) is 12.5. The Hall–Kier alpha value is -3.76. The summed E-state index contributed by atoms with van der Waals surface area (Å²) in [5.41, 5.74) is 4.91. The standard InChI is InChI=1S/C30H45N5O6/c1-17(2)16-20(24(37)26(31)38)32-27(39)21-14-11-15-35(21)28(40)25(30(5,6)7)34-29(41)33-22(18(3)4)23(36)19-12-9-8-10-13-19/h8-10,12-13,17-18,20-22,25H,11,14-16H2,1-7H3,(H2,31,38)(H,32,39)(H2,33,34,41). The molecular weight excluding hydrogens is 526 g/mol.